The summed E-state index contributed by atoms with van der Waals surface area (Å²) in [5, 5.41) is 2.94. The second kappa shape index (κ2) is 6.88. The number of likely N-dealkylation sites (tertiary alicyclic amines) is 1. The van der Waals surface area contributed by atoms with Crippen LogP contribution in [0.3, 0.4) is 0 Å². The van der Waals surface area contributed by atoms with Crippen LogP contribution in [-0.2, 0) is 9.59 Å². The van der Waals surface area contributed by atoms with Crippen molar-refractivity contribution in [1.29, 1.82) is 0 Å². The largest absolute Gasteiger partial charge is 0.343 e. The second-order valence-electron chi connectivity index (χ2n) is 5.01. The van der Waals surface area contributed by atoms with Gasteiger partial charge in [0, 0.05) is 35.6 Å². The molecule has 1 aromatic carbocycles. The molecule has 20 heavy (non-hydrogen) atoms. The Morgan fingerprint density at radius 1 is 1.35 bits per heavy atom. The quantitative estimate of drug-likeness (QED) is 0.920. The fourth-order valence-corrected chi connectivity index (χ4v) is 2.82. The highest BCUT2D eigenvalue weighted by Gasteiger charge is 2.26. The lowest BCUT2D eigenvalue weighted by Gasteiger charge is -2.31. The van der Waals surface area contributed by atoms with E-state index in [0.717, 1.165) is 23.0 Å². The molecule has 1 N–H and O–H groups in total. The van der Waals surface area contributed by atoms with Gasteiger partial charge < -0.3 is 10.2 Å². The van der Waals surface area contributed by atoms with E-state index in [1.165, 1.54) is 0 Å². The molecule has 1 saturated heterocycles. The van der Waals surface area contributed by atoms with E-state index < -0.39 is 0 Å². The maximum absolute atomic E-state index is 12.2. The fraction of sp³-hybridized carbons (Fsp3) is 0.467. The van der Waals surface area contributed by atoms with Crippen LogP contribution in [0.1, 0.15) is 26.2 Å². The van der Waals surface area contributed by atoms with Gasteiger partial charge in [-0.3, -0.25) is 9.59 Å². The molecule has 1 aliphatic rings. The Balaban J connectivity index is 1.87. The van der Waals surface area contributed by atoms with Gasteiger partial charge in [-0.15, -0.1) is 0 Å². The lowest BCUT2D eigenvalue weighted by molar-refractivity contribution is -0.134. The predicted octanol–water partition coefficient (Wildman–Crippen LogP) is 3.04. The first-order valence-corrected chi connectivity index (χ1v) is 7.73. The standard InChI is InChI=1S/C15H19BrN2O2/c1-2-14(19)18-8-6-11(7-9-18)15(20)17-13-5-3-4-12(16)10-13/h3-5,10-11H,2,6-9H2,1H3,(H,17,20). The minimum absolute atomic E-state index is 0.00473. The number of nitrogens with one attached hydrogen (secondary N) is 1. The second-order valence-corrected chi connectivity index (χ2v) is 5.92. The van der Waals surface area contributed by atoms with Crippen molar-refractivity contribution in [2.75, 3.05) is 18.4 Å². The Bertz CT molecular complexity index is 496. The Morgan fingerprint density at radius 3 is 2.65 bits per heavy atom. The van der Waals surface area contributed by atoms with Gasteiger partial charge in [0.2, 0.25) is 11.8 Å². The van der Waals surface area contributed by atoms with Crippen LogP contribution in [0.2, 0.25) is 0 Å². The van der Waals surface area contributed by atoms with Crippen molar-refractivity contribution < 1.29 is 9.59 Å². The van der Waals surface area contributed by atoms with Crippen molar-refractivity contribution in [3.63, 3.8) is 0 Å². The maximum atomic E-state index is 12.2. The monoisotopic (exact) mass is 338 g/mol. The smallest absolute Gasteiger partial charge is 0.227 e. The normalized spacial score (nSPS) is 16.0. The van der Waals surface area contributed by atoms with Crippen LogP contribution in [0, 0.1) is 5.92 Å². The minimum atomic E-state index is -0.00473. The molecule has 0 saturated carbocycles. The minimum Gasteiger partial charge on any atom is -0.343 e. The van der Waals surface area contributed by atoms with Crippen molar-refractivity contribution in [3.8, 4) is 0 Å². The first-order chi connectivity index (χ1) is 9.60. The van der Waals surface area contributed by atoms with E-state index in [1.807, 2.05) is 36.1 Å². The number of amides is 2. The lowest BCUT2D eigenvalue weighted by atomic mass is 9.95. The molecule has 108 valence electrons. The number of carbonyl (C=O) groups is 2. The third kappa shape index (κ3) is 3.82. The van der Waals surface area contributed by atoms with E-state index in [4.69, 9.17) is 0 Å². The SMILES string of the molecule is CCC(=O)N1CCC(C(=O)Nc2cccc(Br)c2)CC1. The van der Waals surface area contributed by atoms with Gasteiger partial charge >= 0.3 is 0 Å². The van der Waals surface area contributed by atoms with Crippen LogP contribution >= 0.6 is 15.9 Å². The number of carbonyl (C=O) groups excluding carboxylic acids is 2. The number of hydrogen-bond donors (Lipinski definition) is 1. The van der Waals surface area contributed by atoms with Gasteiger partial charge in [-0.1, -0.05) is 28.9 Å². The highest BCUT2D eigenvalue weighted by molar-refractivity contribution is 9.10. The number of anilines is 1. The summed E-state index contributed by atoms with van der Waals surface area (Å²) in [5.41, 5.74) is 0.802. The topological polar surface area (TPSA) is 49.4 Å². The number of halogens is 1. The average molecular weight is 339 g/mol. The molecule has 0 radical (unpaired) electrons. The van der Waals surface area contributed by atoms with E-state index >= 15 is 0 Å². The number of rotatable bonds is 3. The van der Waals surface area contributed by atoms with Crippen LogP contribution in [0.15, 0.2) is 28.7 Å². The van der Waals surface area contributed by atoms with E-state index in [2.05, 4.69) is 21.2 Å². The fourth-order valence-electron chi connectivity index (χ4n) is 2.43. The molecule has 0 atom stereocenters. The van der Waals surface area contributed by atoms with Crippen molar-refractivity contribution in [2.24, 2.45) is 5.92 Å². The van der Waals surface area contributed by atoms with Crippen molar-refractivity contribution in [1.82, 2.24) is 4.90 Å². The van der Waals surface area contributed by atoms with Gasteiger partial charge in [-0.2, -0.15) is 0 Å². The molecule has 1 heterocycles. The third-order valence-corrected chi connectivity index (χ3v) is 4.11. The van der Waals surface area contributed by atoms with Crippen LogP contribution in [0.5, 0.6) is 0 Å². The zero-order valence-electron chi connectivity index (χ0n) is 11.6. The van der Waals surface area contributed by atoms with E-state index in [9.17, 15) is 9.59 Å². The summed E-state index contributed by atoms with van der Waals surface area (Å²) < 4.78 is 0.943. The summed E-state index contributed by atoms with van der Waals surface area (Å²) in [6.45, 7) is 3.24. The molecule has 0 bridgehead atoms. The molecule has 0 unspecified atom stereocenters. The highest BCUT2D eigenvalue weighted by atomic mass is 79.9. The van der Waals surface area contributed by atoms with E-state index in [-0.39, 0.29) is 17.7 Å². The van der Waals surface area contributed by atoms with Gasteiger partial charge in [0.1, 0.15) is 0 Å². The molecule has 2 amide bonds. The molecule has 4 nitrogen and oxygen atoms in total. The van der Waals surface area contributed by atoms with Crippen molar-refractivity contribution in [2.45, 2.75) is 26.2 Å². The average Bonchev–Trinajstić information content (AvgIpc) is 2.46. The number of hydrogen-bond acceptors (Lipinski definition) is 2. The Morgan fingerprint density at radius 2 is 2.05 bits per heavy atom. The number of piperidine rings is 1. The zero-order chi connectivity index (χ0) is 14.5. The molecule has 0 spiro atoms. The lowest BCUT2D eigenvalue weighted by Crippen LogP contribution is -2.41. The predicted molar refractivity (Wildman–Crippen MR) is 82.4 cm³/mol. The van der Waals surface area contributed by atoms with Crippen molar-refractivity contribution in [3.05, 3.63) is 28.7 Å². The molecule has 2 rings (SSSR count). The van der Waals surface area contributed by atoms with Gasteiger partial charge in [0.25, 0.3) is 0 Å². The molecule has 0 aliphatic carbocycles. The van der Waals surface area contributed by atoms with Gasteiger partial charge in [-0.05, 0) is 31.0 Å². The zero-order valence-corrected chi connectivity index (χ0v) is 13.1. The molecule has 5 heteroatoms. The first kappa shape index (κ1) is 15.0. The molecule has 1 aliphatic heterocycles. The summed E-state index contributed by atoms with van der Waals surface area (Å²) >= 11 is 3.38. The molecular weight excluding hydrogens is 320 g/mol. The van der Waals surface area contributed by atoms with Crippen LogP contribution in [0.4, 0.5) is 5.69 Å². The van der Waals surface area contributed by atoms with Crippen LogP contribution in [-0.4, -0.2) is 29.8 Å². The Hall–Kier alpha value is -1.36. The summed E-state index contributed by atoms with van der Waals surface area (Å²) in [5.74, 6) is 0.220. The highest BCUT2D eigenvalue weighted by Crippen LogP contribution is 2.21. The van der Waals surface area contributed by atoms with E-state index in [1.54, 1.807) is 0 Å². The third-order valence-electron chi connectivity index (χ3n) is 3.61. The summed E-state index contributed by atoms with van der Waals surface area (Å²) in [4.78, 5) is 25.6. The maximum Gasteiger partial charge on any atom is 0.227 e. The number of nitrogens with zero attached hydrogens (tertiary/aromatic N) is 1. The van der Waals surface area contributed by atoms with Crippen LogP contribution < -0.4 is 5.32 Å². The molecular formula is C15H19BrN2O2. The molecule has 0 aromatic heterocycles. The summed E-state index contributed by atoms with van der Waals surface area (Å²) in [7, 11) is 0. The number of benzene rings is 1. The summed E-state index contributed by atoms with van der Waals surface area (Å²) in [6, 6.07) is 7.57. The molecule has 1 aromatic rings. The summed E-state index contributed by atoms with van der Waals surface area (Å²) in [6.07, 6.45) is 2.02. The van der Waals surface area contributed by atoms with Gasteiger partial charge in [0.05, 0.1) is 0 Å². The molecule has 1 fully saturated rings. The van der Waals surface area contributed by atoms with Gasteiger partial charge in [-0.25, -0.2) is 0 Å². The van der Waals surface area contributed by atoms with E-state index in [0.29, 0.717) is 19.5 Å². The van der Waals surface area contributed by atoms with Crippen LogP contribution in [0.25, 0.3) is 0 Å². The van der Waals surface area contributed by atoms with Crippen molar-refractivity contribution >= 4 is 33.4 Å². The Labute approximate surface area is 127 Å². The first-order valence-electron chi connectivity index (χ1n) is 6.94. The Kier molecular flexibility index (Phi) is 5.17. The van der Waals surface area contributed by atoms with Gasteiger partial charge in [0.15, 0.2) is 0 Å².